The summed E-state index contributed by atoms with van der Waals surface area (Å²) in [5.74, 6) is 0. The molecule has 102 valence electrons. The average Bonchev–Trinajstić information content (AvgIpc) is 2.77. The molecule has 0 atom stereocenters. The molecule has 1 aromatic carbocycles. The number of benzene rings is 1. The molecule has 0 radical (unpaired) electrons. The van der Waals surface area contributed by atoms with Gasteiger partial charge in [0.1, 0.15) is 6.61 Å². The number of nitrogens with zero attached hydrogens (tertiary/aromatic N) is 1. The molecule has 2 nitrogen and oxygen atoms in total. The fourth-order valence-corrected chi connectivity index (χ4v) is 2.85. The highest BCUT2D eigenvalue weighted by molar-refractivity contribution is 7.73. The Morgan fingerprint density at radius 1 is 1.26 bits per heavy atom. The van der Waals surface area contributed by atoms with Crippen LogP contribution in [0, 0.1) is 3.95 Å². The van der Waals surface area contributed by atoms with Crippen molar-refractivity contribution in [2.24, 2.45) is 0 Å². The zero-order valence-corrected chi connectivity index (χ0v) is 13.2. The summed E-state index contributed by atoms with van der Waals surface area (Å²) < 4.78 is 2.49. The van der Waals surface area contributed by atoms with E-state index in [0.29, 0.717) is 6.61 Å². The highest BCUT2D eigenvalue weighted by atomic mass is 35.5. The molecule has 0 saturated carbocycles. The summed E-state index contributed by atoms with van der Waals surface area (Å²) in [6.45, 7) is 2.87. The highest BCUT2D eigenvalue weighted by Crippen LogP contribution is 2.24. The molecule has 0 spiro atoms. The summed E-state index contributed by atoms with van der Waals surface area (Å²) in [6.07, 6.45) is 3.41. The molecule has 0 amide bonds. The van der Waals surface area contributed by atoms with Crippen molar-refractivity contribution < 1.29 is 4.84 Å². The minimum Gasteiger partial charge on any atom is -0.412 e. The van der Waals surface area contributed by atoms with Crippen LogP contribution in [0.25, 0.3) is 11.3 Å². The number of rotatable bonds is 6. The Morgan fingerprint density at radius 2 is 2.00 bits per heavy atom. The Hall–Kier alpha value is -0.840. The predicted octanol–water partition coefficient (Wildman–Crippen LogP) is 5.22. The second-order valence-electron chi connectivity index (χ2n) is 4.23. The van der Waals surface area contributed by atoms with Crippen molar-refractivity contribution in [2.75, 3.05) is 6.61 Å². The van der Waals surface area contributed by atoms with Crippen molar-refractivity contribution in [3.8, 4) is 11.3 Å². The van der Waals surface area contributed by atoms with E-state index in [1.165, 1.54) is 24.2 Å². The first-order valence-corrected chi connectivity index (χ1v) is 7.98. The molecule has 5 heteroatoms. The average molecular weight is 314 g/mol. The van der Waals surface area contributed by atoms with Gasteiger partial charge in [0.05, 0.1) is 5.69 Å². The van der Waals surface area contributed by atoms with E-state index in [0.717, 1.165) is 26.7 Å². The van der Waals surface area contributed by atoms with Gasteiger partial charge in [-0.3, -0.25) is 0 Å². The van der Waals surface area contributed by atoms with Crippen molar-refractivity contribution >= 4 is 35.2 Å². The molecule has 0 aliphatic carbocycles. The van der Waals surface area contributed by atoms with Crippen LogP contribution in [0.2, 0.25) is 5.02 Å². The summed E-state index contributed by atoms with van der Waals surface area (Å²) in [5, 5.41) is 2.75. The van der Waals surface area contributed by atoms with Crippen LogP contribution in [-0.4, -0.2) is 11.3 Å². The minimum absolute atomic E-state index is 0.694. The van der Waals surface area contributed by atoms with E-state index < -0.39 is 0 Å². The number of aromatic nitrogens is 1. The number of halogens is 1. The Kier molecular flexibility index (Phi) is 5.43. The van der Waals surface area contributed by atoms with Crippen molar-refractivity contribution in [1.82, 2.24) is 4.73 Å². The van der Waals surface area contributed by atoms with Crippen molar-refractivity contribution in [3.63, 3.8) is 0 Å². The number of hydrogen-bond donors (Lipinski definition) is 0. The maximum atomic E-state index is 5.91. The molecule has 0 unspecified atom stereocenters. The molecule has 0 aliphatic heterocycles. The Bertz CT molecular complexity index is 574. The van der Waals surface area contributed by atoms with E-state index >= 15 is 0 Å². The fraction of sp³-hybridized carbons (Fsp3) is 0.357. The molecule has 0 bridgehead atoms. The number of hydrogen-bond acceptors (Lipinski definition) is 3. The second kappa shape index (κ2) is 7.08. The standard InChI is InChI=1S/C14H16ClNOS2/c1-2-3-4-9-17-16-13(10-19-14(16)18)11-5-7-12(15)8-6-11/h5-8,10H,2-4,9H2,1H3. The quantitative estimate of drug-likeness (QED) is 0.536. The minimum atomic E-state index is 0.694. The summed E-state index contributed by atoms with van der Waals surface area (Å²) in [4.78, 5) is 5.78. The SMILES string of the molecule is CCCCCOn1c(-c2ccc(Cl)cc2)csc1=S. The molecule has 0 saturated heterocycles. The van der Waals surface area contributed by atoms with Crippen LogP contribution in [0.1, 0.15) is 26.2 Å². The Labute approximate surface area is 127 Å². The monoisotopic (exact) mass is 313 g/mol. The first-order valence-electron chi connectivity index (χ1n) is 6.32. The van der Waals surface area contributed by atoms with Crippen molar-refractivity contribution in [3.05, 3.63) is 38.6 Å². The fourth-order valence-electron chi connectivity index (χ4n) is 1.74. The lowest BCUT2D eigenvalue weighted by Gasteiger charge is -2.10. The van der Waals surface area contributed by atoms with Gasteiger partial charge in [-0.25, -0.2) is 0 Å². The maximum Gasteiger partial charge on any atom is 0.197 e. The number of thiazole rings is 1. The van der Waals surface area contributed by atoms with E-state index in [9.17, 15) is 0 Å². The van der Waals surface area contributed by atoms with Gasteiger partial charge >= 0.3 is 0 Å². The van der Waals surface area contributed by atoms with Crippen LogP contribution in [0.15, 0.2) is 29.6 Å². The lowest BCUT2D eigenvalue weighted by molar-refractivity contribution is 0.109. The van der Waals surface area contributed by atoms with Crippen molar-refractivity contribution in [2.45, 2.75) is 26.2 Å². The molecule has 2 rings (SSSR count). The van der Waals surface area contributed by atoms with Gasteiger partial charge in [0.25, 0.3) is 0 Å². The van der Waals surface area contributed by atoms with Crippen LogP contribution in [0.5, 0.6) is 0 Å². The molecular formula is C14H16ClNOS2. The van der Waals surface area contributed by atoms with Crippen molar-refractivity contribution in [1.29, 1.82) is 0 Å². The van der Waals surface area contributed by atoms with Gasteiger partial charge in [0.2, 0.25) is 0 Å². The van der Waals surface area contributed by atoms with Gasteiger partial charge < -0.3 is 4.84 Å². The van der Waals surface area contributed by atoms with Crippen LogP contribution >= 0.6 is 35.2 Å². The smallest absolute Gasteiger partial charge is 0.197 e. The molecule has 2 aromatic rings. The van der Waals surface area contributed by atoms with Gasteiger partial charge in [-0.15, -0.1) is 11.3 Å². The predicted molar refractivity (Wildman–Crippen MR) is 84.6 cm³/mol. The normalized spacial score (nSPS) is 10.6. The van der Waals surface area contributed by atoms with Gasteiger partial charge in [-0.2, -0.15) is 4.73 Å². The third-order valence-corrected chi connectivity index (χ3v) is 4.18. The summed E-state index contributed by atoms with van der Waals surface area (Å²) in [5.41, 5.74) is 2.05. The second-order valence-corrected chi connectivity index (χ2v) is 6.17. The van der Waals surface area contributed by atoms with Crippen LogP contribution < -0.4 is 4.84 Å². The van der Waals surface area contributed by atoms with Gasteiger partial charge in [-0.1, -0.05) is 43.5 Å². The summed E-state index contributed by atoms with van der Waals surface area (Å²) >= 11 is 12.7. The molecule has 19 heavy (non-hydrogen) atoms. The lowest BCUT2D eigenvalue weighted by atomic mass is 10.2. The third kappa shape index (κ3) is 3.81. The third-order valence-electron chi connectivity index (χ3n) is 2.76. The van der Waals surface area contributed by atoms with Crippen LogP contribution in [-0.2, 0) is 0 Å². The molecule has 1 aromatic heterocycles. The zero-order chi connectivity index (χ0) is 13.7. The van der Waals surface area contributed by atoms with E-state index in [-0.39, 0.29) is 0 Å². The Morgan fingerprint density at radius 3 is 2.68 bits per heavy atom. The zero-order valence-electron chi connectivity index (χ0n) is 10.8. The maximum absolute atomic E-state index is 5.91. The molecule has 0 fully saturated rings. The van der Waals surface area contributed by atoms with Gasteiger partial charge in [0.15, 0.2) is 3.95 Å². The first-order chi connectivity index (χ1) is 9.22. The summed E-state index contributed by atoms with van der Waals surface area (Å²) in [6, 6.07) is 7.70. The summed E-state index contributed by atoms with van der Waals surface area (Å²) in [7, 11) is 0. The van der Waals surface area contributed by atoms with E-state index in [4.69, 9.17) is 28.7 Å². The van der Waals surface area contributed by atoms with E-state index in [1.54, 1.807) is 4.73 Å². The molecule has 0 N–H and O–H groups in total. The first kappa shape index (κ1) is 14.6. The Balaban J connectivity index is 2.17. The van der Waals surface area contributed by atoms with Gasteiger partial charge in [0, 0.05) is 16.0 Å². The molecular weight excluding hydrogens is 298 g/mol. The number of unbranched alkanes of at least 4 members (excludes halogenated alkanes) is 2. The van der Waals surface area contributed by atoms with Gasteiger partial charge in [-0.05, 0) is 30.8 Å². The molecule has 1 heterocycles. The van der Waals surface area contributed by atoms with E-state index in [2.05, 4.69) is 6.92 Å². The van der Waals surface area contributed by atoms with E-state index in [1.807, 2.05) is 29.6 Å². The largest absolute Gasteiger partial charge is 0.412 e. The molecule has 0 aliphatic rings. The topological polar surface area (TPSA) is 14.2 Å². The highest BCUT2D eigenvalue weighted by Gasteiger charge is 2.08. The van der Waals surface area contributed by atoms with Crippen LogP contribution in [0.4, 0.5) is 0 Å². The lowest BCUT2D eigenvalue weighted by Crippen LogP contribution is -2.13. The van der Waals surface area contributed by atoms with Crippen LogP contribution in [0.3, 0.4) is 0 Å².